The van der Waals surface area contributed by atoms with Crippen LogP contribution in [0, 0.1) is 0 Å². The van der Waals surface area contributed by atoms with Gasteiger partial charge in [-0.2, -0.15) is 0 Å². The Morgan fingerprint density at radius 1 is 1.21 bits per heavy atom. The Balaban J connectivity index is 2.33. The average Bonchev–Trinajstić information content (AvgIpc) is 2.85. The van der Waals surface area contributed by atoms with Gasteiger partial charge in [-0.3, -0.25) is 9.55 Å². The quantitative estimate of drug-likeness (QED) is 0.605. The SMILES string of the molecule is c1ccc2c(c1)ncn2-c1cncs1. The van der Waals surface area contributed by atoms with E-state index in [-0.39, 0.29) is 0 Å². The number of benzene rings is 1. The van der Waals surface area contributed by atoms with Gasteiger partial charge >= 0.3 is 0 Å². The normalized spacial score (nSPS) is 10.9. The zero-order valence-electron chi connectivity index (χ0n) is 7.29. The summed E-state index contributed by atoms with van der Waals surface area (Å²) in [6.45, 7) is 0. The molecule has 0 atom stereocenters. The first-order valence-corrected chi connectivity index (χ1v) is 5.14. The number of para-hydroxylation sites is 2. The topological polar surface area (TPSA) is 30.7 Å². The maximum absolute atomic E-state index is 4.32. The van der Waals surface area contributed by atoms with Crippen LogP contribution in [0.25, 0.3) is 16.0 Å². The summed E-state index contributed by atoms with van der Waals surface area (Å²) < 4.78 is 2.05. The molecule has 0 aliphatic rings. The predicted octanol–water partition coefficient (Wildman–Crippen LogP) is 2.48. The largest absolute Gasteiger partial charge is 0.289 e. The fourth-order valence-corrected chi connectivity index (χ4v) is 2.07. The Bertz CT molecular complexity index is 554. The van der Waals surface area contributed by atoms with E-state index in [9.17, 15) is 0 Å². The molecule has 0 unspecified atom stereocenters. The van der Waals surface area contributed by atoms with E-state index in [2.05, 4.69) is 16.0 Å². The third kappa shape index (κ3) is 1.04. The zero-order chi connectivity index (χ0) is 9.38. The molecule has 0 saturated carbocycles. The van der Waals surface area contributed by atoms with Crippen molar-refractivity contribution in [2.45, 2.75) is 0 Å². The van der Waals surface area contributed by atoms with Crippen molar-refractivity contribution in [3.05, 3.63) is 42.3 Å². The Morgan fingerprint density at radius 2 is 2.14 bits per heavy atom. The van der Waals surface area contributed by atoms with E-state index in [0.29, 0.717) is 0 Å². The number of nitrogens with zero attached hydrogens (tertiary/aromatic N) is 3. The first-order chi connectivity index (χ1) is 6.95. The average molecular weight is 201 g/mol. The lowest BCUT2D eigenvalue weighted by Gasteiger charge is -1.97. The highest BCUT2D eigenvalue weighted by atomic mass is 32.1. The van der Waals surface area contributed by atoms with Crippen molar-refractivity contribution in [2.75, 3.05) is 0 Å². The number of thiazole rings is 1. The first kappa shape index (κ1) is 7.70. The molecule has 4 heteroatoms. The smallest absolute Gasteiger partial charge is 0.121 e. The van der Waals surface area contributed by atoms with Gasteiger partial charge in [-0.05, 0) is 12.1 Å². The van der Waals surface area contributed by atoms with Gasteiger partial charge in [0.15, 0.2) is 0 Å². The summed E-state index contributed by atoms with van der Waals surface area (Å²) in [6, 6.07) is 8.07. The molecule has 0 spiro atoms. The summed E-state index contributed by atoms with van der Waals surface area (Å²) in [5.74, 6) is 0. The molecule has 3 rings (SSSR count). The van der Waals surface area contributed by atoms with Crippen LogP contribution < -0.4 is 0 Å². The van der Waals surface area contributed by atoms with Crippen molar-refractivity contribution in [1.29, 1.82) is 0 Å². The number of hydrogen-bond donors (Lipinski definition) is 0. The second-order valence-corrected chi connectivity index (χ2v) is 3.81. The third-order valence-corrected chi connectivity index (χ3v) is 2.88. The van der Waals surface area contributed by atoms with E-state index in [1.165, 1.54) is 0 Å². The van der Waals surface area contributed by atoms with Gasteiger partial charge < -0.3 is 0 Å². The fourth-order valence-electron chi connectivity index (χ4n) is 1.46. The predicted molar refractivity (Wildman–Crippen MR) is 56.7 cm³/mol. The van der Waals surface area contributed by atoms with Gasteiger partial charge in [-0.25, -0.2) is 4.98 Å². The maximum Gasteiger partial charge on any atom is 0.121 e. The van der Waals surface area contributed by atoms with Gasteiger partial charge in [0.2, 0.25) is 0 Å². The van der Waals surface area contributed by atoms with E-state index >= 15 is 0 Å². The summed E-state index contributed by atoms with van der Waals surface area (Å²) in [7, 11) is 0. The molecule has 0 aliphatic carbocycles. The van der Waals surface area contributed by atoms with Crippen LogP contribution in [0.3, 0.4) is 0 Å². The summed E-state index contributed by atoms with van der Waals surface area (Å²) in [5, 5.41) is 1.10. The minimum atomic E-state index is 1.01. The monoisotopic (exact) mass is 201 g/mol. The molecule has 0 fully saturated rings. The molecule has 1 aromatic carbocycles. The molecule has 68 valence electrons. The van der Waals surface area contributed by atoms with Crippen LogP contribution in [0.5, 0.6) is 0 Å². The van der Waals surface area contributed by atoms with Gasteiger partial charge in [-0.15, -0.1) is 11.3 Å². The lowest BCUT2D eigenvalue weighted by atomic mass is 10.3. The molecule has 0 saturated heterocycles. The van der Waals surface area contributed by atoms with Gasteiger partial charge in [0.05, 0.1) is 22.7 Å². The number of hydrogen-bond acceptors (Lipinski definition) is 3. The fraction of sp³-hybridized carbons (Fsp3) is 0. The summed E-state index contributed by atoms with van der Waals surface area (Å²) in [4.78, 5) is 8.37. The molecule has 0 amide bonds. The van der Waals surface area contributed by atoms with Gasteiger partial charge in [0, 0.05) is 0 Å². The van der Waals surface area contributed by atoms with Crippen LogP contribution >= 0.6 is 11.3 Å². The number of fused-ring (bicyclic) bond motifs is 1. The van der Waals surface area contributed by atoms with Gasteiger partial charge in [-0.1, -0.05) is 12.1 Å². The summed E-state index contributed by atoms with van der Waals surface area (Å²) in [6.07, 6.45) is 3.68. The highest BCUT2D eigenvalue weighted by Crippen LogP contribution is 2.19. The molecule has 3 aromatic rings. The zero-order valence-corrected chi connectivity index (χ0v) is 8.11. The minimum absolute atomic E-state index is 1.01. The number of aromatic nitrogens is 3. The highest BCUT2D eigenvalue weighted by Gasteiger charge is 2.03. The number of rotatable bonds is 1. The van der Waals surface area contributed by atoms with Crippen LogP contribution in [0.1, 0.15) is 0 Å². The highest BCUT2D eigenvalue weighted by molar-refractivity contribution is 7.12. The van der Waals surface area contributed by atoms with E-state index < -0.39 is 0 Å². The van der Waals surface area contributed by atoms with Gasteiger partial charge in [0.25, 0.3) is 0 Å². The molecule has 0 radical (unpaired) electrons. The van der Waals surface area contributed by atoms with Crippen molar-refractivity contribution in [3.8, 4) is 5.00 Å². The molecule has 2 aromatic heterocycles. The molecule has 14 heavy (non-hydrogen) atoms. The molecular formula is C10H7N3S. The lowest BCUT2D eigenvalue weighted by molar-refractivity contribution is 1.11. The van der Waals surface area contributed by atoms with Crippen molar-refractivity contribution >= 4 is 22.4 Å². The Hall–Kier alpha value is -1.68. The van der Waals surface area contributed by atoms with E-state index in [1.54, 1.807) is 11.3 Å². The lowest BCUT2D eigenvalue weighted by Crippen LogP contribution is -1.86. The van der Waals surface area contributed by atoms with Crippen LogP contribution in [-0.4, -0.2) is 14.5 Å². The third-order valence-electron chi connectivity index (χ3n) is 2.11. The number of imidazole rings is 1. The van der Waals surface area contributed by atoms with Crippen molar-refractivity contribution < 1.29 is 0 Å². The van der Waals surface area contributed by atoms with Crippen molar-refractivity contribution in [3.63, 3.8) is 0 Å². The van der Waals surface area contributed by atoms with Crippen LogP contribution in [0.2, 0.25) is 0 Å². The van der Waals surface area contributed by atoms with Gasteiger partial charge in [0.1, 0.15) is 11.3 Å². The molecular weight excluding hydrogens is 194 g/mol. The minimum Gasteiger partial charge on any atom is -0.289 e. The molecule has 2 heterocycles. The van der Waals surface area contributed by atoms with Crippen LogP contribution in [0.15, 0.2) is 42.3 Å². The standard InChI is InChI=1S/C10H7N3S/c1-2-4-9-8(3-1)12-6-13(9)10-5-11-7-14-10/h1-7H. The second-order valence-electron chi connectivity index (χ2n) is 2.94. The van der Waals surface area contributed by atoms with Crippen molar-refractivity contribution in [2.24, 2.45) is 0 Å². The van der Waals surface area contributed by atoms with E-state index in [0.717, 1.165) is 16.0 Å². The first-order valence-electron chi connectivity index (χ1n) is 4.26. The van der Waals surface area contributed by atoms with Crippen molar-refractivity contribution in [1.82, 2.24) is 14.5 Å². The molecule has 0 N–H and O–H groups in total. The Kier molecular flexibility index (Phi) is 1.61. The molecule has 0 aliphatic heterocycles. The second kappa shape index (κ2) is 2.92. The Morgan fingerprint density at radius 3 is 3.00 bits per heavy atom. The van der Waals surface area contributed by atoms with Crippen LogP contribution in [0.4, 0.5) is 0 Å². The van der Waals surface area contributed by atoms with E-state index in [1.807, 2.05) is 40.8 Å². The summed E-state index contributed by atoms with van der Waals surface area (Å²) in [5.41, 5.74) is 3.96. The summed E-state index contributed by atoms with van der Waals surface area (Å²) >= 11 is 1.61. The molecule has 0 bridgehead atoms. The maximum atomic E-state index is 4.32. The molecule has 3 nitrogen and oxygen atoms in total. The van der Waals surface area contributed by atoms with E-state index in [4.69, 9.17) is 0 Å². The van der Waals surface area contributed by atoms with Crippen LogP contribution in [-0.2, 0) is 0 Å². The Labute approximate surface area is 84.7 Å².